The van der Waals surface area contributed by atoms with E-state index in [1.807, 2.05) is 35.0 Å². The summed E-state index contributed by atoms with van der Waals surface area (Å²) in [6.45, 7) is 1.19. The molecule has 0 spiro atoms. The van der Waals surface area contributed by atoms with Gasteiger partial charge in [-0.05, 0) is 23.3 Å². The minimum Gasteiger partial charge on any atom is -0.383 e. The molecule has 0 fully saturated rings. The zero-order chi connectivity index (χ0) is 17.6. The van der Waals surface area contributed by atoms with Crippen LogP contribution >= 0.6 is 0 Å². The van der Waals surface area contributed by atoms with Crippen molar-refractivity contribution >= 4 is 11.4 Å². The van der Waals surface area contributed by atoms with Gasteiger partial charge < -0.3 is 15.2 Å². The Kier molecular flexibility index (Phi) is 5.06. The Hall–Kier alpha value is -3.19. The van der Waals surface area contributed by atoms with E-state index in [0.717, 1.165) is 16.8 Å². The highest BCUT2D eigenvalue weighted by Gasteiger charge is 2.13. The Balaban J connectivity index is 1.70. The molecule has 1 aromatic heterocycles. The number of hydrogen-bond donors (Lipinski definition) is 2. The van der Waals surface area contributed by atoms with Gasteiger partial charge in [0.2, 0.25) is 0 Å². The number of rotatable bonds is 7. The second-order valence-electron chi connectivity index (χ2n) is 5.56. The van der Waals surface area contributed by atoms with Crippen LogP contribution in [0, 0.1) is 10.1 Å². The van der Waals surface area contributed by atoms with Crippen LogP contribution in [0.1, 0.15) is 11.1 Å². The minimum absolute atomic E-state index is 0.0839. The number of imidazole rings is 1. The first-order chi connectivity index (χ1) is 12.2. The fraction of sp³-hybridized carbons (Fsp3) is 0.167. The second-order valence-corrected chi connectivity index (χ2v) is 5.56. The van der Waals surface area contributed by atoms with Crippen LogP contribution in [0.3, 0.4) is 0 Å². The Labute approximate surface area is 145 Å². The smallest absolute Gasteiger partial charge is 0.292 e. The fourth-order valence-corrected chi connectivity index (χ4v) is 2.70. The molecule has 0 aliphatic rings. The second kappa shape index (κ2) is 7.59. The van der Waals surface area contributed by atoms with Gasteiger partial charge >= 0.3 is 0 Å². The van der Waals surface area contributed by atoms with Crippen LogP contribution in [0.4, 0.5) is 11.4 Å². The molecule has 7 heteroatoms. The van der Waals surface area contributed by atoms with Crippen molar-refractivity contribution in [3.05, 3.63) is 82.4 Å². The monoisotopic (exact) mass is 337 g/mol. The molecule has 0 amide bonds. The van der Waals surface area contributed by atoms with Crippen LogP contribution in [-0.4, -0.2) is 21.5 Å². The van der Waals surface area contributed by atoms with E-state index in [-0.39, 0.29) is 10.6 Å². The van der Waals surface area contributed by atoms with E-state index in [1.54, 1.807) is 31.7 Å². The van der Waals surface area contributed by atoms with Crippen molar-refractivity contribution < 1.29 is 4.92 Å². The molecule has 0 saturated carbocycles. The normalized spacial score (nSPS) is 10.6. The van der Waals surface area contributed by atoms with Crippen molar-refractivity contribution in [3.8, 4) is 5.69 Å². The number of nitro groups is 1. The molecular formula is C18H19N5O2. The van der Waals surface area contributed by atoms with Crippen molar-refractivity contribution in [1.29, 1.82) is 0 Å². The number of nitrogens with one attached hydrogen (secondary N) is 2. The molecule has 0 aliphatic carbocycles. The lowest BCUT2D eigenvalue weighted by Crippen LogP contribution is -2.14. The molecule has 0 atom stereocenters. The van der Waals surface area contributed by atoms with Crippen molar-refractivity contribution in [2.24, 2.45) is 0 Å². The van der Waals surface area contributed by atoms with E-state index in [2.05, 4.69) is 21.7 Å². The Morgan fingerprint density at radius 1 is 1.20 bits per heavy atom. The van der Waals surface area contributed by atoms with Gasteiger partial charge in [-0.25, -0.2) is 4.98 Å². The molecular weight excluding hydrogens is 318 g/mol. The van der Waals surface area contributed by atoms with Crippen LogP contribution in [-0.2, 0) is 13.1 Å². The predicted octanol–water partition coefficient (Wildman–Crippen LogP) is 3.11. The lowest BCUT2D eigenvalue weighted by Gasteiger charge is -2.11. The fourth-order valence-electron chi connectivity index (χ4n) is 2.70. The number of nitro benzene ring substituents is 1. The molecule has 25 heavy (non-hydrogen) atoms. The van der Waals surface area contributed by atoms with E-state index in [1.165, 1.54) is 0 Å². The molecule has 3 rings (SSSR count). The van der Waals surface area contributed by atoms with Crippen molar-refractivity contribution in [2.75, 3.05) is 12.4 Å². The van der Waals surface area contributed by atoms with E-state index < -0.39 is 0 Å². The summed E-state index contributed by atoms with van der Waals surface area (Å²) in [5, 5.41) is 17.3. The van der Waals surface area contributed by atoms with E-state index in [9.17, 15) is 10.1 Å². The molecule has 0 radical (unpaired) electrons. The van der Waals surface area contributed by atoms with Gasteiger partial charge in [-0.3, -0.25) is 10.1 Å². The first kappa shape index (κ1) is 16.7. The highest BCUT2D eigenvalue weighted by Crippen LogP contribution is 2.25. The highest BCUT2D eigenvalue weighted by atomic mass is 16.6. The van der Waals surface area contributed by atoms with Gasteiger partial charge in [0.1, 0.15) is 5.69 Å². The largest absolute Gasteiger partial charge is 0.383 e. The van der Waals surface area contributed by atoms with Crippen LogP contribution in [0.5, 0.6) is 0 Å². The van der Waals surface area contributed by atoms with Crippen molar-refractivity contribution in [3.63, 3.8) is 0 Å². The van der Waals surface area contributed by atoms with Gasteiger partial charge in [-0.15, -0.1) is 0 Å². The number of nitrogens with zero attached hydrogens (tertiary/aromatic N) is 3. The molecule has 128 valence electrons. The average molecular weight is 337 g/mol. The Morgan fingerprint density at radius 2 is 2.04 bits per heavy atom. The van der Waals surface area contributed by atoms with Gasteiger partial charge in [0, 0.05) is 38.6 Å². The summed E-state index contributed by atoms with van der Waals surface area (Å²) >= 11 is 0. The molecule has 2 aromatic carbocycles. The molecule has 0 bridgehead atoms. The molecule has 1 heterocycles. The SMILES string of the molecule is CNc1ccc(CNCc2ccccc2-n2ccnc2)cc1[N+](=O)[O-]. The third-order valence-corrected chi connectivity index (χ3v) is 3.95. The number of para-hydroxylation sites is 1. The number of aromatic nitrogens is 2. The Bertz CT molecular complexity index is 862. The van der Waals surface area contributed by atoms with Gasteiger partial charge in [-0.1, -0.05) is 24.3 Å². The topological polar surface area (TPSA) is 85.0 Å². The average Bonchev–Trinajstić information content (AvgIpc) is 3.16. The number of hydrogen-bond acceptors (Lipinski definition) is 5. The summed E-state index contributed by atoms with van der Waals surface area (Å²) in [6.07, 6.45) is 5.41. The number of anilines is 1. The lowest BCUT2D eigenvalue weighted by molar-refractivity contribution is -0.384. The van der Waals surface area contributed by atoms with Crippen LogP contribution in [0.2, 0.25) is 0 Å². The maximum atomic E-state index is 11.1. The zero-order valence-electron chi connectivity index (χ0n) is 13.8. The van der Waals surface area contributed by atoms with Crippen LogP contribution < -0.4 is 10.6 Å². The molecule has 0 unspecified atom stereocenters. The zero-order valence-corrected chi connectivity index (χ0v) is 13.8. The van der Waals surface area contributed by atoms with E-state index >= 15 is 0 Å². The van der Waals surface area contributed by atoms with Crippen LogP contribution in [0.25, 0.3) is 5.69 Å². The summed E-state index contributed by atoms with van der Waals surface area (Å²) in [7, 11) is 1.67. The summed E-state index contributed by atoms with van der Waals surface area (Å²) < 4.78 is 1.96. The number of benzene rings is 2. The molecule has 3 aromatic rings. The summed E-state index contributed by atoms with van der Waals surface area (Å²) in [5.74, 6) is 0. The predicted molar refractivity (Wildman–Crippen MR) is 96.8 cm³/mol. The quantitative estimate of drug-likeness (QED) is 0.511. The first-order valence-electron chi connectivity index (χ1n) is 7.91. The summed E-state index contributed by atoms with van der Waals surface area (Å²) in [5.41, 5.74) is 3.65. The third kappa shape index (κ3) is 3.84. The van der Waals surface area contributed by atoms with E-state index in [0.29, 0.717) is 18.8 Å². The molecule has 0 saturated heterocycles. The summed E-state index contributed by atoms with van der Waals surface area (Å²) in [6, 6.07) is 13.3. The van der Waals surface area contributed by atoms with Crippen molar-refractivity contribution in [1.82, 2.24) is 14.9 Å². The van der Waals surface area contributed by atoms with Gasteiger partial charge in [0.25, 0.3) is 5.69 Å². The van der Waals surface area contributed by atoms with Crippen molar-refractivity contribution in [2.45, 2.75) is 13.1 Å². The minimum atomic E-state index is -0.371. The van der Waals surface area contributed by atoms with E-state index in [4.69, 9.17) is 0 Å². The van der Waals surface area contributed by atoms with Gasteiger partial charge in [-0.2, -0.15) is 0 Å². The molecule has 7 nitrogen and oxygen atoms in total. The maximum absolute atomic E-state index is 11.1. The van der Waals surface area contributed by atoms with Gasteiger partial charge in [0.05, 0.1) is 16.9 Å². The molecule has 2 N–H and O–H groups in total. The van der Waals surface area contributed by atoms with Crippen LogP contribution in [0.15, 0.2) is 61.2 Å². The highest BCUT2D eigenvalue weighted by molar-refractivity contribution is 5.62. The standard InChI is InChI=1S/C18H19N5O2/c1-19-16-7-6-14(10-18(16)23(24)25)11-21-12-15-4-2-3-5-17(15)22-9-8-20-13-22/h2-10,13,19,21H,11-12H2,1H3. The van der Waals surface area contributed by atoms with Gasteiger partial charge in [0.15, 0.2) is 0 Å². The first-order valence-corrected chi connectivity index (χ1v) is 7.91. The molecule has 0 aliphatic heterocycles. The third-order valence-electron chi connectivity index (χ3n) is 3.95. The summed E-state index contributed by atoms with van der Waals surface area (Å²) in [4.78, 5) is 14.9. The lowest BCUT2D eigenvalue weighted by atomic mass is 10.1. The Morgan fingerprint density at radius 3 is 2.76 bits per heavy atom. The maximum Gasteiger partial charge on any atom is 0.292 e.